The van der Waals surface area contributed by atoms with Crippen LogP contribution in [-0.4, -0.2) is 25.8 Å². The van der Waals surface area contributed by atoms with Crippen LogP contribution in [0.3, 0.4) is 0 Å². The molecule has 0 unspecified atom stereocenters. The molecule has 2 heterocycles. The number of nitrogen functional groups attached to an aromatic ring is 1. The predicted octanol–water partition coefficient (Wildman–Crippen LogP) is 1.02. The van der Waals surface area contributed by atoms with Gasteiger partial charge in [-0.3, -0.25) is 10.1 Å². The zero-order valence-electron chi connectivity index (χ0n) is 8.76. The van der Waals surface area contributed by atoms with Crippen LogP contribution in [-0.2, 0) is 7.05 Å². The molecule has 0 spiro atoms. The van der Waals surface area contributed by atoms with Crippen molar-refractivity contribution in [1.29, 1.82) is 5.41 Å². The van der Waals surface area contributed by atoms with Crippen molar-refractivity contribution in [1.82, 2.24) is 20.0 Å². The third-order valence-electron chi connectivity index (χ3n) is 1.96. The fraction of sp³-hybridized carbons (Fsp3) is 0.250. The van der Waals surface area contributed by atoms with E-state index in [-0.39, 0.29) is 5.84 Å². The summed E-state index contributed by atoms with van der Waals surface area (Å²) in [5, 5.41) is 20.3. The van der Waals surface area contributed by atoms with Gasteiger partial charge in [0.25, 0.3) is 0 Å². The number of hydrogen-bond donors (Lipinski definition) is 2. The molecule has 2 aromatic heterocycles. The molecule has 0 saturated carbocycles. The number of rotatable bonds is 3. The summed E-state index contributed by atoms with van der Waals surface area (Å²) in [5.41, 5.74) is 8.63. The monoisotopic (exact) mass is 254 g/mol. The van der Waals surface area contributed by atoms with Gasteiger partial charge in [-0.2, -0.15) is 5.10 Å². The highest BCUT2D eigenvalue weighted by Crippen LogP contribution is 2.31. The second-order valence-corrected chi connectivity index (χ2v) is 5.18. The van der Waals surface area contributed by atoms with E-state index in [1.54, 1.807) is 10.2 Å². The van der Waals surface area contributed by atoms with Crippen LogP contribution in [0.25, 0.3) is 0 Å². The standard InChI is InChI=1S/C8H10N6S2/c1-4-5(6(9)10)7(14(2)13-4)16-8-12-11-3-15-8/h3H,1-2H3,(H3,9,10). The molecule has 0 amide bonds. The van der Waals surface area contributed by atoms with Crippen LogP contribution in [0.15, 0.2) is 14.9 Å². The van der Waals surface area contributed by atoms with Crippen molar-refractivity contribution in [3.8, 4) is 0 Å². The van der Waals surface area contributed by atoms with Crippen LogP contribution in [0.4, 0.5) is 0 Å². The Labute approximate surface area is 100 Å². The molecule has 0 fully saturated rings. The van der Waals surface area contributed by atoms with E-state index in [0.29, 0.717) is 5.56 Å². The average molecular weight is 254 g/mol. The van der Waals surface area contributed by atoms with Gasteiger partial charge in [-0.25, -0.2) is 0 Å². The zero-order chi connectivity index (χ0) is 11.7. The van der Waals surface area contributed by atoms with Crippen LogP contribution in [0, 0.1) is 12.3 Å². The molecule has 0 saturated heterocycles. The average Bonchev–Trinajstić information content (AvgIpc) is 2.76. The Hall–Kier alpha value is -1.41. The molecule has 0 atom stereocenters. The summed E-state index contributed by atoms with van der Waals surface area (Å²) in [6.45, 7) is 1.83. The SMILES string of the molecule is Cc1nn(C)c(Sc2nncs2)c1C(=N)N. The molecule has 0 aliphatic carbocycles. The first-order valence-corrected chi connectivity index (χ1v) is 6.11. The van der Waals surface area contributed by atoms with Crippen molar-refractivity contribution in [2.24, 2.45) is 12.8 Å². The van der Waals surface area contributed by atoms with Gasteiger partial charge in [0.2, 0.25) is 0 Å². The molecular weight excluding hydrogens is 244 g/mol. The molecule has 2 aromatic rings. The highest BCUT2D eigenvalue weighted by atomic mass is 32.2. The highest BCUT2D eigenvalue weighted by Gasteiger charge is 2.17. The van der Waals surface area contributed by atoms with Gasteiger partial charge < -0.3 is 5.73 Å². The Kier molecular flexibility index (Phi) is 2.92. The fourth-order valence-electron chi connectivity index (χ4n) is 1.35. The first-order valence-electron chi connectivity index (χ1n) is 4.41. The number of aryl methyl sites for hydroxylation is 2. The second-order valence-electron chi connectivity index (χ2n) is 3.11. The van der Waals surface area contributed by atoms with Gasteiger partial charge in [0.15, 0.2) is 4.34 Å². The van der Waals surface area contributed by atoms with Gasteiger partial charge in [-0.1, -0.05) is 11.3 Å². The van der Waals surface area contributed by atoms with Crippen LogP contribution < -0.4 is 5.73 Å². The van der Waals surface area contributed by atoms with Crippen molar-refractivity contribution in [2.75, 3.05) is 0 Å². The second kappa shape index (κ2) is 4.22. The van der Waals surface area contributed by atoms with Crippen molar-refractivity contribution in [3.05, 3.63) is 16.8 Å². The van der Waals surface area contributed by atoms with E-state index in [0.717, 1.165) is 15.1 Å². The Morgan fingerprint density at radius 1 is 1.62 bits per heavy atom. The van der Waals surface area contributed by atoms with E-state index in [1.807, 2.05) is 14.0 Å². The predicted molar refractivity (Wildman–Crippen MR) is 63.0 cm³/mol. The van der Waals surface area contributed by atoms with Crippen molar-refractivity contribution < 1.29 is 0 Å². The molecule has 0 radical (unpaired) electrons. The lowest BCUT2D eigenvalue weighted by atomic mass is 10.2. The number of nitrogens with one attached hydrogen (secondary N) is 1. The van der Waals surface area contributed by atoms with Gasteiger partial charge in [0.05, 0.1) is 11.3 Å². The summed E-state index contributed by atoms with van der Waals surface area (Å²) < 4.78 is 2.52. The maximum Gasteiger partial charge on any atom is 0.180 e. The lowest BCUT2D eigenvalue weighted by Crippen LogP contribution is -2.13. The first kappa shape index (κ1) is 11.1. The topological polar surface area (TPSA) is 93.5 Å². The Morgan fingerprint density at radius 2 is 2.38 bits per heavy atom. The molecule has 0 aliphatic rings. The third-order valence-corrected chi connectivity index (χ3v) is 3.90. The van der Waals surface area contributed by atoms with Crippen LogP contribution in [0.2, 0.25) is 0 Å². The number of hydrogen-bond acceptors (Lipinski definition) is 6. The Balaban J connectivity index is 2.43. The molecular formula is C8H10N6S2. The maximum absolute atomic E-state index is 7.54. The minimum absolute atomic E-state index is 0.0256. The van der Waals surface area contributed by atoms with E-state index in [4.69, 9.17) is 11.1 Å². The molecule has 0 aromatic carbocycles. The molecule has 0 aliphatic heterocycles. The van der Waals surface area contributed by atoms with Crippen LogP contribution in [0.5, 0.6) is 0 Å². The lowest BCUT2D eigenvalue weighted by molar-refractivity contribution is 0.691. The largest absolute Gasteiger partial charge is 0.384 e. The van der Waals surface area contributed by atoms with E-state index < -0.39 is 0 Å². The summed E-state index contributed by atoms with van der Waals surface area (Å²) in [6.07, 6.45) is 0. The van der Waals surface area contributed by atoms with E-state index in [1.165, 1.54) is 23.1 Å². The van der Waals surface area contributed by atoms with Crippen molar-refractivity contribution >= 4 is 28.9 Å². The molecule has 3 N–H and O–H groups in total. The molecule has 6 nitrogen and oxygen atoms in total. The molecule has 8 heteroatoms. The van der Waals surface area contributed by atoms with Gasteiger partial charge >= 0.3 is 0 Å². The Morgan fingerprint density at radius 3 is 2.94 bits per heavy atom. The molecule has 84 valence electrons. The smallest absolute Gasteiger partial charge is 0.180 e. The van der Waals surface area contributed by atoms with Gasteiger partial charge in [0.1, 0.15) is 16.4 Å². The minimum Gasteiger partial charge on any atom is -0.384 e. The van der Waals surface area contributed by atoms with E-state index in [9.17, 15) is 0 Å². The quantitative estimate of drug-likeness (QED) is 0.630. The van der Waals surface area contributed by atoms with Gasteiger partial charge in [0, 0.05) is 7.05 Å². The molecule has 2 rings (SSSR count). The molecule has 16 heavy (non-hydrogen) atoms. The van der Waals surface area contributed by atoms with Crippen molar-refractivity contribution in [3.63, 3.8) is 0 Å². The van der Waals surface area contributed by atoms with Gasteiger partial charge in [-0.05, 0) is 18.7 Å². The van der Waals surface area contributed by atoms with E-state index >= 15 is 0 Å². The zero-order valence-corrected chi connectivity index (χ0v) is 10.4. The van der Waals surface area contributed by atoms with Crippen molar-refractivity contribution in [2.45, 2.75) is 16.3 Å². The Bertz CT molecular complexity index is 515. The van der Waals surface area contributed by atoms with Crippen LogP contribution in [0.1, 0.15) is 11.3 Å². The summed E-state index contributed by atoms with van der Waals surface area (Å²) in [7, 11) is 1.82. The number of aromatic nitrogens is 4. The van der Waals surface area contributed by atoms with Gasteiger partial charge in [-0.15, -0.1) is 10.2 Å². The fourth-order valence-corrected chi connectivity index (χ4v) is 2.98. The highest BCUT2D eigenvalue weighted by molar-refractivity contribution is 8.01. The van der Waals surface area contributed by atoms with E-state index in [2.05, 4.69) is 15.3 Å². The summed E-state index contributed by atoms with van der Waals surface area (Å²) in [5.74, 6) is 0.0256. The number of nitrogens with two attached hydrogens (primary N) is 1. The molecule has 0 bridgehead atoms. The lowest BCUT2D eigenvalue weighted by Gasteiger charge is -2.01. The summed E-state index contributed by atoms with van der Waals surface area (Å²) >= 11 is 2.87. The maximum atomic E-state index is 7.54. The minimum atomic E-state index is 0.0256. The number of amidine groups is 1. The van der Waals surface area contributed by atoms with Crippen LogP contribution >= 0.6 is 23.1 Å². The summed E-state index contributed by atoms with van der Waals surface area (Å²) in [4.78, 5) is 0. The first-order chi connectivity index (χ1) is 7.59. The number of nitrogens with zero attached hydrogens (tertiary/aromatic N) is 4. The third kappa shape index (κ3) is 1.93. The normalized spacial score (nSPS) is 10.6. The summed E-state index contributed by atoms with van der Waals surface area (Å²) in [6, 6.07) is 0.